The molecule has 0 fully saturated rings. The third kappa shape index (κ3) is 5.73. The maximum Gasteiger partial charge on any atom is 0.326 e. The number of carbonyl (C=O) groups excluding carboxylic acids is 1. The van der Waals surface area contributed by atoms with Crippen LogP contribution >= 0.6 is 0 Å². The first-order valence-electron chi connectivity index (χ1n) is 7.76. The maximum atomic E-state index is 13.6. The molecule has 2 aromatic carbocycles. The van der Waals surface area contributed by atoms with Gasteiger partial charge in [0.1, 0.15) is 17.7 Å². The highest BCUT2D eigenvalue weighted by Gasteiger charge is 2.21. The van der Waals surface area contributed by atoms with Gasteiger partial charge in [-0.3, -0.25) is 9.00 Å². The number of nitrogens with one attached hydrogen (secondary N) is 1. The van der Waals surface area contributed by atoms with Crippen LogP contribution in [0.5, 0.6) is 0 Å². The minimum absolute atomic E-state index is 0.0408. The van der Waals surface area contributed by atoms with Gasteiger partial charge >= 0.3 is 5.97 Å². The largest absolute Gasteiger partial charge is 0.480 e. The van der Waals surface area contributed by atoms with E-state index in [9.17, 15) is 27.7 Å². The Labute approximate surface area is 151 Å². The lowest BCUT2D eigenvalue weighted by Gasteiger charge is -2.14. The minimum atomic E-state index is -1.40. The van der Waals surface area contributed by atoms with E-state index in [0.717, 1.165) is 12.1 Å². The van der Waals surface area contributed by atoms with Crippen molar-refractivity contribution in [2.45, 2.75) is 23.8 Å². The minimum Gasteiger partial charge on any atom is -0.480 e. The third-order valence-electron chi connectivity index (χ3n) is 3.60. The van der Waals surface area contributed by atoms with E-state index in [1.807, 2.05) is 0 Å². The summed E-state index contributed by atoms with van der Waals surface area (Å²) in [5.41, 5.74) is -0.0408. The van der Waals surface area contributed by atoms with Gasteiger partial charge in [0.05, 0.1) is 17.2 Å². The van der Waals surface area contributed by atoms with E-state index in [4.69, 9.17) is 0 Å². The quantitative estimate of drug-likeness (QED) is 0.735. The number of hydrogen-bond donors (Lipinski definition) is 2. The molecule has 0 radical (unpaired) electrons. The van der Waals surface area contributed by atoms with Crippen LogP contribution in [-0.2, 0) is 26.8 Å². The van der Waals surface area contributed by atoms with Crippen molar-refractivity contribution in [1.29, 1.82) is 0 Å². The molecular weight excluding hydrogens is 364 g/mol. The molecule has 0 heterocycles. The number of rotatable bonds is 8. The molecular formula is C18H17F2NO4S. The summed E-state index contributed by atoms with van der Waals surface area (Å²) in [5.74, 6) is -3.58. The number of amides is 1. The van der Waals surface area contributed by atoms with Crippen molar-refractivity contribution in [2.24, 2.45) is 0 Å². The monoisotopic (exact) mass is 381 g/mol. The summed E-state index contributed by atoms with van der Waals surface area (Å²) >= 11 is 0. The topological polar surface area (TPSA) is 83.5 Å². The Balaban J connectivity index is 1.93. The van der Waals surface area contributed by atoms with Crippen molar-refractivity contribution in [2.75, 3.05) is 5.75 Å². The van der Waals surface area contributed by atoms with Crippen LogP contribution in [0.4, 0.5) is 8.78 Å². The first-order chi connectivity index (χ1) is 12.4. The van der Waals surface area contributed by atoms with E-state index in [-0.39, 0.29) is 17.7 Å². The molecule has 0 aromatic heterocycles. The summed E-state index contributed by atoms with van der Waals surface area (Å²) in [7, 11) is -1.40. The van der Waals surface area contributed by atoms with E-state index in [2.05, 4.69) is 5.32 Å². The van der Waals surface area contributed by atoms with E-state index in [1.165, 1.54) is 0 Å². The number of benzene rings is 2. The SMILES string of the molecule is O=C(Cc1ccc(F)cc1F)N[C@@H](CC[S@](=O)c1ccccc1)C(=O)O. The second-order valence-electron chi connectivity index (χ2n) is 5.52. The van der Waals surface area contributed by atoms with Gasteiger partial charge < -0.3 is 10.4 Å². The lowest BCUT2D eigenvalue weighted by atomic mass is 10.1. The normalized spacial score (nSPS) is 13.0. The summed E-state index contributed by atoms with van der Waals surface area (Å²) in [4.78, 5) is 23.8. The Hall–Kier alpha value is -2.61. The van der Waals surface area contributed by atoms with E-state index < -0.39 is 46.8 Å². The van der Waals surface area contributed by atoms with Crippen molar-refractivity contribution < 1.29 is 27.7 Å². The average Bonchev–Trinajstić information content (AvgIpc) is 2.61. The zero-order valence-corrected chi connectivity index (χ0v) is 14.5. The molecule has 0 saturated carbocycles. The van der Waals surface area contributed by atoms with Gasteiger partial charge in [-0.25, -0.2) is 13.6 Å². The molecule has 138 valence electrons. The molecule has 0 spiro atoms. The molecule has 2 N–H and O–H groups in total. The van der Waals surface area contributed by atoms with Crippen LogP contribution in [0.15, 0.2) is 53.4 Å². The van der Waals surface area contributed by atoms with E-state index in [1.54, 1.807) is 30.3 Å². The fourth-order valence-corrected chi connectivity index (χ4v) is 3.40. The maximum absolute atomic E-state index is 13.6. The van der Waals surface area contributed by atoms with Gasteiger partial charge in [0.25, 0.3) is 0 Å². The zero-order valence-electron chi connectivity index (χ0n) is 13.7. The van der Waals surface area contributed by atoms with Crippen LogP contribution in [0.2, 0.25) is 0 Å². The van der Waals surface area contributed by atoms with Crippen molar-refractivity contribution in [1.82, 2.24) is 5.32 Å². The second-order valence-corrected chi connectivity index (χ2v) is 7.09. The molecule has 8 heteroatoms. The molecule has 26 heavy (non-hydrogen) atoms. The summed E-state index contributed by atoms with van der Waals surface area (Å²) < 4.78 is 38.6. The zero-order chi connectivity index (χ0) is 19.1. The Morgan fingerprint density at radius 2 is 1.81 bits per heavy atom. The van der Waals surface area contributed by atoms with Gasteiger partial charge in [0.15, 0.2) is 0 Å². The molecule has 2 aromatic rings. The van der Waals surface area contributed by atoms with Crippen LogP contribution in [0.25, 0.3) is 0 Å². The molecule has 0 aliphatic rings. The summed E-state index contributed by atoms with van der Waals surface area (Å²) in [6, 6.07) is 10.1. The Morgan fingerprint density at radius 1 is 1.12 bits per heavy atom. The lowest BCUT2D eigenvalue weighted by molar-refractivity contribution is -0.141. The van der Waals surface area contributed by atoms with Crippen molar-refractivity contribution in [3.63, 3.8) is 0 Å². The van der Waals surface area contributed by atoms with Crippen LogP contribution in [0.3, 0.4) is 0 Å². The van der Waals surface area contributed by atoms with Crippen LogP contribution in [-0.4, -0.2) is 33.0 Å². The van der Waals surface area contributed by atoms with Gasteiger partial charge in [-0.05, 0) is 30.2 Å². The fourth-order valence-electron chi connectivity index (χ4n) is 2.26. The first kappa shape index (κ1) is 19.7. The number of carboxylic acid groups (broad SMARTS) is 1. The molecule has 0 aliphatic carbocycles. The van der Waals surface area contributed by atoms with Crippen LogP contribution < -0.4 is 5.32 Å². The first-order valence-corrected chi connectivity index (χ1v) is 9.08. The highest BCUT2D eigenvalue weighted by atomic mass is 32.2. The van der Waals surface area contributed by atoms with Gasteiger partial charge in [0, 0.05) is 16.7 Å². The second kappa shape index (κ2) is 9.19. The number of halogens is 2. The van der Waals surface area contributed by atoms with Gasteiger partial charge in [-0.2, -0.15) is 0 Å². The van der Waals surface area contributed by atoms with Crippen molar-refractivity contribution in [3.05, 3.63) is 65.7 Å². The predicted octanol–water partition coefficient (Wildman–Crippen LogP) is 2.27. The molecule has 0 unspecified atom stereocenters. The van der Waals surface area contributed by atoms with E-state index >= 15 is 0 Å². The molecule has 0 bridgehead atoms. The summed E-state index contributed by atoms with van der Waals surface area (Å²) in [6.45, 7) is 0. The Kier molecular flexibility index (Phi) is 6.97. The van der Waals surface area contributed by atoms with Gasteiger partial charge in [-0.15, -0.1) is 0 Å². The number of hydrogen-bond acceptors (Lipinski definition) is 3. The smallest absolute Gasteiger partial charge is 0.326 e. The van der Waals surface area contributed by atoms with Gasteiger partial charge in [0.2, 0.25) is 5.91 Å². The third-order valence-corrected chi connectivity index (χ3v) is 5.00. The molecule has 5 nitrogen and oxygen atoms in total. The van der Waals surface area contributed by atoms with Crippen LogP contribution in [0, 0.1) is 11.6 Å². The molecule has 1 amide bonds. The number of aliphatic carboxylic acids is 1. The van der Waals surface area contributed by atoms with Crippen molar-refractivity contribution in [3.8, 4) is 0 Å². The Morgan fingerprint density at radius 3 is 2.42 bits per heavy atom. The average molecular weight is 381 g/mol. The Bertz CT molecular complexity index is 814. The molecule has 2 atom stereocenters. The number of carbonyl (C=O) groups is 2. The molecule has 0 aliphatic heterocycles. The van der Waals surface area contributed by atoms with E-state index in [0.29, 0.717) is 11.0 Å². The lowest BCUT2D eigenvalue weighted by Crippen LogP contribution is -2.42. The summed E-state index contributed by atoms with van der Waals surface area (Å²) in [5, 5.41) is 11.5. The highest BCUT2D eigenvalue weighted by Crippen LogP contribution is 2.11. The highest BCUT2D eigenvalue weighted by molar-refractivity contribution is 7.85. The standard InChI is InChI=1S/C18H17F2NO4S/c19-13-7-6-12(15(20)11-13)10-17(22)21-16(18(23)24)8-9-26(25)14-4-2-1-3-5-14/h1-7,11,16H,8-10H2,(H,21,22)(H,23,24)/t16-,26-/m0/s1. The molecule has 0 saturated heterocycles. The number of carboxylic acids is 1. The molecule has 2 rings (SSSR count). The predicted molar refractivity (Wildman–Crippen MR) is 92.0 cm³/mol. The summed E-state index contributed by atoms with van der Waals surface area (Å²) in [6.07, 6.45) is -0.466. The van der Waals surface area contributed by atoms with Crippen LogP contribution in [0.1, 0.15) is 12.0 Å². The fraction of sp³-hybridized carbons (Fsp3) is 0.222. The van der Waals surface area contributed by atoms with Gasteiger partial charge in [-0.1, -0.05) is 24.3 Å². The van der Waals surface area contributed by atoms with Crippen molar-refractivity contribution >= 4 is 22.7 Å².